The van der Waals surface area contributed by atoms with Crippen LogP contribution < -0.4 is 5.73 Å². The van der Waals surface area contributed by atoms with Crippen LogP contribution in [-0.2, 0) is 5.41 Å². The molecule has 1 saturated carbocycles. The molecule has 3 N–H and O–H groups in total. The molecule has 0 amide bonds. The summed E-state index contributed by atoms with van der Waals surface area (Å²) in [6, 6.07) is 2.15. The van der Waals surface area contributed by atoms with E-state index < -0.39 is 0 Å². The number of nitrogens with two attached hydrogens (primary N) is 1. The van der Waals surface area contributed by atoms with E-state index in [1.165, 1.54) is 5.56 Å². The minimum atomic E-state index is 0.146. The monoisotopic (exact) mass is 269 g/mol. The lowest BCUT2D eigenvalue weighted by atomic mass is 9.90. The van der Waals surface area contributed by atoms with E-state index in [-0.39, 0.29) is 5.41 Å². The Bertz CT molecular complexity index is 411. The lowest BCUT2D eigenvalue weighted by Crippen LogP contribution is -2.21. The maximum atomic E-state index is 9.97. The summed E-state index contributed by atoms with van der Waals surface area (Å²) in [4.78, 5) is 0. The van der Waals surface area contributed by atoms with Gasteiger partial charge in [-0.05, 0) is 59.3 Å². The predicted octanol–water partition coefficient (Wildman–Crippen LogP) is 2.76. The number of halogens is 1. The molecule has 1 aromatic carbocycles. The molecular weight excluding hydrogens is 254 g/mol. The van der Waals surface area contributed by atoms with Crippen LogP contribution in [0.4, 0.5) is 0 Å². The molecule has 0 aromatic heterocycles. The first-order valence-corrected chi connectivity index (χ1v) is 6.00. The first-order valence-electron chi connectivity index (χ1n) is 5.21. The van der Waals surface area contributed by atoms with Gasteiger partial charge in [-0.3, -0.25) is 0 Å². The van der Waals surface area contributed by atoms with Crippen LogP contribution in [0.25, 0.3) is 0 Å². The zero-order valence-corrected chi connectivity index (χ0v) is 10.7. The van der Waals surface area contributed by atoms with E-state index in [2.05, 4.69) is 22.0 Å². The van der Waals surface area contributed by atoms with Gasteiger partial charge in [-0.25, -0.2) is 0 Å². The number of phenolic OH excluding ortho intramolecular Hbond substituents is 1. The van der Waals surface area contributed by atoms with Crippen LogP contribution in [0.15, 0.2) is 10.5 Å². The van der Waals surface area contributed by atoms with Crippen molar-refractivity contribution in [2.24, 2.45) is 5.73 Å². The van der Waals surface area contributed by atoms with Crippen LogP contribution in [0.1, 0.15) is 29.5 Å². The minimum Gasteiger partial charge on any atom is -0.506 e. The van der Waals surface area contributed by atoms with Crippen molar-refractivity contribution in [2.75, 3.05) is 6.54 Å². The summed E-state index contributed by atoms with van der Waals surface area (Å²) >= 11 is 3.39. The summed E-state index contributed by atoms with van der Waals surface area (Å²) in [5.41, 5.74) is 9.23. The van der Waals surface area contributed by atoms with Gasteiger partial charge in [0, 0.05) is 12.0 Å². The zero-order chi connectivity index (χ0) is 11.2. The predicted molar refractivity (Wildman–Crippen MR) is 65.2 cm³/mol. The lowest BCUT2D eigenvalue weighted by molar-refractivity contribution is 0.464. The summed E-state index contributed by atoms with van der Waals surface area (Å²) in [5.74, 6) is 0.365. The van der Waals surface area contributed by atoms with Crippen LogP contribution in [0.2, 0.25) is 0 Å². The van der Waals surface area contributed by atoms with Gasteiger partial charge in [-0.1, -0.05) is 6.07 Å². The Balaban J connectivity index is 2.58. The number of phenols is 1. The molecular formula is C12H16BrNO. The molecule has 2 nitrogen and oxygen atoms in total. The van der Waals surface area contributed by atoms with Crippen molar-refractivity contribution < 1.29 is 5.11 Å². The zero-order valence-electron chi connectivity index (χ0n) is 9.10. The van der Waals surface area contributed by atoms with Gasteiger partial charge in [0.05, 0.1) is 4.47 Å². The Morgan fingerprint density at radius 1 is 1.47 bits per heavy atom. The van der Waals surface area contributed by atoms with Crippen molar-refractivity contribution in [3.05, 3.63) is 27.2 Å². The maximum Gasteiger partial charge on any atom is 0.133 e. The molecule has 0 aliphatic heterocycles. The van der Waals surface area contributed by atoms with Gasteiger partial charge in [0.15, 0.2) is 0 Å². The molecule has 3 heteroatoms. The van der Waals surface area contributed by atoms with Crippen molar-refractivity contribution in [2.45, 2.75) is 32.1 Å². The number of hydrogen-bond donors (Lipinski definition) is 2. The minimum absolute atomic E-state index is 0.146. The molecule has 15 heavy (non-hydrogen) atoms. The molecule has 0 unspecified atom stereocenters. The topological polar surface area (TPSA) is 46.2 Å². The van der Waals surface area contributed by atoms with E-state index >= 15 is 0 Å². The average molecular weight is 270 g/mol. The smallest absolute Gasteiger partial charge is 0.133 e. The summed E-state index contributed by atoms with van der Waals surface area (Å²) < 4.78 is 0.802. The van der Waals surface area contributed by atoms with Crippen LogP contribution in [0.3, 0.4) is 0 Å². The van der Waals surface area contributed by atoms with E-state index in [9.17, 15) is 5.11 Å². The second kappa shape index (κ2) is 3.49. The molecule has 82 valence electrons. The van der Waals surface area contributed by atoms with Gasteiger partial charge in [-0.2, -0.15) is 0 Å². The highest BCUT2D eigenvalue weighted by Crippen LogP contribution is 2.51. The van der Waals surface area contributed by atoms with Crippen LogP contribution in [0, 0.1) is 13.8 Å². The van der Waals surface area contributed by atoms with Crippen LogP contribution in [-0.4, -0.2) is 11.7 Å². The molecule has 1 aliphatic rings. The van der Waals surface area contributed by atoms with Gasteiger partial charge in [-0.15, -0.1) is 0 Å². The fourth-order valence-corrected chi connectivity index (χ4v) is 2.56. The summed E-state index contributed by atoms with van der Waals surface area (Å²) in [6.45, 7) is 4.64. The third kappa shape index (κ3) is 1.58. The third-order valence-electron chi connectivity index (χ3n) is 3.49. The first-order chi connectivity index (χ1) is 7.02. The standard InChI is InChI=1S/C12H16BrNO/c1-7-5-9(12(6-14)3-4-12)8(2)11(15)10(7)13/h5,15H,3-4,6,14H2,1-2H3. The Morgan fingerprint density at radius 3 is 2.53 bits per heavy atom. The van der Waals surface area contributed by atoms with Gasteiger partial charge in [0.25, 0.3) is 0 Å². The largest absolute Gasteiger partial charge is 0.506 e. The molecule has 0 radical (unpaired) electrons. The van der Waals surface area contributed by atoms with Crippen LogP contribution in [0.5, 0.6) is 5.75 Å². The van der Waals surface area contributed by atoms with Crippen molar-refractivity contribution in [1.29, 1.82) is 0 Å². The van der Waals surface area contributed by atoms with Gasteiger partial charge < -0.3 is 10.8 Å². The van der Waals surface area contributed by atoms with E-state index in [0.29, 0.717) is 12.3 Å². The van der Waals surface area contributed by atoms with Gasteiger partial charge in [0.1, 0.15) is 5.75 Å². The van der Waals surface area contributed by atoms with Crippen molar-refractivity contribution in [1.82, 2.24) is 0 Å². The second-order valence-corrected chi connectivity index (χ2v) is 5.31. The molecule has 0 atom stereocenters. The molecule has 1 fully saturated rings. The van der Waals surface area contributed by atoms with E-state index in [4.69, 9.17) is 5.73 Å². The second-order valence-electron chi connectivity index (χ2n) is 4.51. The SMILES string of the molecule is Cc1cc(C2(CN)CC2)c(C)c(O)c1Br. The van der Waals surface area contributed by atoms with Gasteiger partial charge >= 0.3 is 0 Å². The van der Waals surface area contributed by atoms with Crippen molar-refractivity contribution in [3.63, 3.8) is 0 Å². The number of aryl methyl sites for hydroxylation is 1. The molecule has 0 saturated heterocycles. The summed E-state index contributed by atoms with van der Waals surface area (Å²) in [5, 5.41) is 9.97. The molecule has 0 bridgehead atoms. The Morgan fingerprint density at radius 2 is 2.07 bits per heavy atom. The fraction of sp³-hybridized carbons (Fsp3) is 0.500. The van der Waals surface area contributed by atoms with Crippen LogP contribution >= 0.6 is 15.9 Å². The Hall–Kier alpha value is -0.540. The quantitative estimate of drug-likeness (QED) is 0.868. The van der Waals surface area contributed by atoms with E-state index in [0.717, 1.165) is 28.4 Å². The highest BCUT2D eigenvalue weighted by Gasteiger charge is 2.44. The summed E-state index contributed by atoms with van der Waals surface area (Å²) in [7, 11) is 0. The third-order valence-corrected chi connectivity index (χ3v) is 4.49. The Kier molecular flexibility index (Phi) is 2.55. The number of benzene rings is 1. The molecule has 0 spiro atoms. The highest BCUT2D eigenvalue weighted by atomic mass is 79.9. The average Bonchev–Trinajstić information content (AvgIpc) is 3.01. The molecule has 2 rings (SSSR count). The lowest BCUT2D eigenvalue weighted by Gasteiger charge is -2.19. The number of aromatic hydroxyl groups is 1. The maximum absolute atomic E-state index is 9.97. The van der Waals surface area contributed by atoms with Crippen molar-refractivity contribution >= 4 is 15.9 Å². The molecule has 1 aliphatic carbocycles. The van der Waals surface area contributed by atoms with E-state index in [1.807, 2.05) is 13.8 Å². The van der Waals surface area contributed by atoms with Crippen molar-refractivity contribution in [3.8, 4) is 5.75 Å². The fourth-order valence-electron chi connectivity index (χ4n) is 2.15. The normalized spacial score (nSPS) is 17.9. The van der Waals surface area contributed by atoms with Gasteiger partial charge in [0.2, 0.25) is 0 Å². The Labute approximate surface area is 98.6 Å². The number of hydrogen-bond acceptors (Lipinski definition) is 2. The number of rotatable bonds is 2. The van der Waals surface area contributed by atoms with E-state index in [1.54, 1.807) is 0 Å². The first kappa shape index (κ1) is 11.0. The highest BCUT2D eigenvalue weighted by molar-refractivity contribution is 9.10. The molecule has 1 aromatic rings. The summed E-state index contributed by atoms with van der Waals surface area (Å²) in [6.07, 6.45) is 2.29. The molecule has 0 heterocycles.